The Balaban J connectivity index is 1.76. The molecular formula is C28H37ClN4O4. The summed E-state index contributed by atoms with van der Waals surface area (Å²) in [6.45, 7) is 6.92. The van der Waals surface area contributed by atoms with Crippen LogP contribution >= 0.6 is 11.6 Å². The highest BCUT2D eigenvalue weighted by Crippen LogP contribution is 2.32. The van der Waals surface area contributed by atoms with E-state index in [4.69, 9.17) is 22.1 Å². The lowest BCUT2D eigenvalue weighted by Crippen LogP contribution is -2.60. The van der Waals surface area contributed by atoms with Crippen LogP contribution in [0.15, 0.2) is 48.5 Å². The van der Waals surface area contributed by atoms with Gasteiger partial charge in [-0.2, -0.15) is 0 Å². The number of piperidine rings is 1. The number of likely N-dealkylation sites (tertiary alicyclic amines) is 1. The van der Waals surface area contributed by atoms with Crippen molar-refractivity contribution in [2.75, 3.05) is 25.0 Å². The number of benzene rings is 2. The fourth-order valence-electron chi connectivity index (χ4n) is 4.46. The molecule has 0 aromatic heterocycles. The average Bonchev–Trinajstić information content (AvgIpc) is 2.91. The summed E-state index contributed by atoms with van der Waals surface area (Å²) in [5, 5.41) is 3.30. The fourth-order valence-corrected chi connectivity index (χ4v) is 4.65. The zero-order chi connectivity index (χ0) is 27.0. The monoisotopic (exact) mass is 528 g/mol. The van der Waals surface area contributed by atoms with Gasteiger partial charge in [0, 0.05) is 30.3 Å². The number of nitrogens with zero attached hydrogens (tertiary/aromatic N) is 2. The number of nitrogens with one attached hydrogen (secondary N) is 1. The highest BCUT2D eigenvalue weighted by Gasteiger charge is 2.42. The first kappa shape index (κ1) is 28.5. The van der Waals surface area contributed by atoms with Gasteiger partial charge in [0.25, 0.3) is 0 Å². The molecule has 2 aromatic carbocycles. The normalized spacial score (nSPS) is 15.7. The molecule has 3 amide bonds. The quantitative estimate of drug-likeness (QED) is 0.443. The number of carbonyl (C=O) groups is 3. The Kier molecular flexibility index (Phi) is 9.94. The zero-order valence-corrected chi connectivity index (χ0v) is 22.5. The van der Waals surface area contributed by atoms with Gasteiger partial charge < -0.3 is 20.3 Å². The van der Waals surface area contributed by atoms with Gasteiger partial charge in [0.1, 0.15) is 6.61 Å². The molecule has 1 aliphatic rings. The largest absolute Gasteiger partial charge is 0.447 e. The van der Waals surface area contributed by atoms with E-state index in [1.165, 1.54) is 0 Å². The van der Waals surface area contributed by atoms with Crippen molar-refractivity contribution < 1.29 is 19.1 Å². The van der Waals surface area contributed by atoms with Crippen LogP contribution in [0.25, 0.3) is 0 Å². The average molecular weight is 529 g/mol. The van der Waals surface area contributed by atoms with Gasteiger partial charge in [-0.25, -0.2) is 4.79 Å². The molecule has 8 nitrogen and oxygen atoms in total. The van der Waals surface area contributed by atoms with E-state index in [1.54, 1.807) is 15.9 Å². The number of carbonyl (C=O) groups excluding carboxylic acids is 3. The van der Waals surface area contributed by atoms with E-state index in [1.807, 2.05) is 56.3 Å². The standard InChI is InChI=1S/C28H37ClN4O4/c1-4-21-9-11-23(12-10-21)31-27(36)37-18-28(33(19-34)17-22-7-5-6-8-24(22)29)13-15-32(16-14-28)26(35)25(30)20(2)3/h5-12,19-20,25H,4,13-18,30H2,1-3H3,(H,31,36). The van der Waals surface area contributed by atoms with Crippen LogP contribution in [0.1, 0.15) is 44.7 Å². The van der Waals surface area contributed by atoms with Crippen LogP contribution in [0.2, 0.25) is 5.02 Å². The number of aryl methyl sites for hydroxylation is 1. The van der Waals surface area contributed by atoms with Gasteiger partial charge in [-0.1, -0.05) is 62.7 Å². The van der Waals surface area contributed by atoms with Crippen LogP contribution in [0, 0.1) is 5.92 Å². The highest BCUT2D eigenvalue weighted by molar-refractivity contribution is 6.31. The predicted molar refractivity (Wildman–Crippen MR) is 145 cm³/mol. The maximum atomic E-state index is 12.8. The first-order chi connectivity index (χ1) is 17.7. The summed E-state index contributed by atoms with van der Waals surface area (Å²) in [5.74, 6) is -0.0918. The molecule has 1 atom stereocenters. The molecule has 1 unspecified atom stereocenters. The van der Waals surface area contributed by atoms with E-state index in [0.717, 1.165) is 24.0 Å². The smallest absolute Gasteiger partial charge is 0.411 e. The molecule has 9 heteroatoms. The lowest BCUT2D eigenvalue weighted by Gasteiger charge is -2.47. The zero-order valence-electron chi connectivity index (χ0n) is 21.8. The van der Waals surface area contributed by atoms with Crippen molar-refractivity contribution in [2.24, 2.45) is 11.7 Å². The Morgan fingerprint density at radius 1 is 1.16 bits per heavy atom. The molecule has 0 aliphatic carbocycles. The molecule has 1 saturated heterocycles. The van der Waals surface area contributed by atoms with Crippen LogP contribution in [0.5, 0.6) is 0 Å². The van der Waals surface area contributed by atoms with Gasteiger partial charge in [0.15, 0.2) is 0 Å². The number of rotatable bonds is 10. The van der Waals surface area contributed by atoms with Gasteiger partial charge in [0.05, 0.1) is 11.6 Å². The molecule has 0 radical (unpaired) electrons. The first-order valence-corrected chi connectivity index (χ1v) is 13.1. The Morgan fingerprint density at radius 3 is 2.38 bits per heavy atom. The van der Waals surface area contributed by atoms with Gasteiger partial charge in [-0.3, -0.25) is 14.9 Å². The number of ether oxygens (including phenoxy) is 1. The van der Waals surface area contributed by atoms with Crippen LogP contribution in [-0.4, -0.2) is 59.5 Å². The molecule has 0 spiro atoms. The Hall–Kier alpha value is -3.10. The first-order valence-electron chi connectivity index (χ1n) is 12.7. The van der Waals surface area contributed by atoms with Gasteiger partial charge in [-0.05, 0) is 54.5 Å². The molecule has 3 N–H and O–H groups in total. The third-order valence-corrected chi connectivity index (χ3v) is 7.49. The molecule has 3 rings (SSSR count). The molecule has 1 aliphatic heterocycles. The third-order valence-electron chi connectivity index (χ3n) is 7.12. The number of anilines is 1. The number of hydrogen-bond donors (Lipinski definition) is 2. The number of amides is 3. The minimum atomic E-state index is -0.803. The van der Waals surface area contributed by atoms with Crippen molar-refractivity contribution in [1.29, 1.82) is 0 Å². The van der Waals surface area contributed by atoms with E-state index in [-0.39, 0.29) is 25.0 Å². The maximum Gasteiger partial charge on any atom is 0.411 e. The van der Waals surface area contributed by atoms with E-state index in [0.29, 0.717) is 36.6 Å². The number of halogens is 1. The second-order valence-corrected chi connectivity index (χ2v) is 10.3. The van der Waals surface area contributed by atoms with Crippen LogP contribution < -0.4 is 11.1 Å². The van der Waals surface area contributed by atoms with Gasteiger partial charge in [-0.15, -0.1) is 0 Å². The molecule has 1 heterocycles. The Bertz CT molecular complexity index is 1070. The summed E-state index contributed by atoms with van der Waals surface area (Å²) in [4.78, 5) is 41.2. The Morgan fingerprint density at radius 2 is 1.81 bits per heavy atom. The second kappa shape index (κ2) is 12.9. The summed E-state index contributed by atoms with van der Waals surface area (Å²) < 4.78 is 5.67. The lowest BCUT2D eigenvalue weighted by atomic mass is 9.85. The minimum absolute atomic E-state index is 0.0179. The SMILES string of the molecule is CCc1ccc(NC(=O)OCC2(N(C=O)Cc3ccccc3Cl)CCN(C(=O)C(N)C(C)C)CC2)cc1. The molecule has 0 bridgehead atoms. The molecule has 2 aromatic rings. The maximum absolute atomic E-state index is 12.8. The van der Waals surface area contributed by atoms with Crippen LogP contribution in [0.4, 0.5) is 10.5 Å². The van der Waals surface area contributed by atoms with Crippen molar-refractivity contribution in [3.05, 3.63) is 64.7 Å². The van der Waals surface area contributed by atoms with E-state index in [2.05, 4.69) is 12.2 Å². The second-order valence-electron chi connectivity index (χ2n) is 9.90. The van der Waals surface area contributed by atoms with Crippen LogP contribution in [-0.2, 0) is 27.3 Å². The highest BCUT2D eigenvalue weighted by atomic mass is 35.5. The summed E-state index contributed by atoms with van der Waals surface area (Å²) >= 11 is 6.37. The summed E-state index contributed by atoms with van der Waals surface area (Å²) in [6.07, 6.45) is 1.94. The molecule has 1 fully saturated rings. The summed E-state index contributed by atoms with van der Waals surface area (Å²) in [7, 11) is 0. The molecular weight excluding hydrogens is 492 g/mol. The van der Waals surface area contributed by atoms with Crippen molar-refractivity contribution in [3.63, 3.8) is 0 Å². The minimum Gasteiger partial charge on any atom is -0.447 e. The lowest BCUT2D eigenvalue weighted by molar-refractivity contribution is -0.139. The third kappa shape index (κ3) is 7.23. The number of hydrogen-bond acceptors (Lipinski definition) is 5. The summed E-state index contributed by atoms with van der Waals surface area (Å²) in [5.41, 5.74) is 7.88. The van der Waals surface area contributed by atoms with Crippen molar-refractivity contribution in [1.82, 2.24) is 9.80 Å². The Labute approximate surface area is 224 Å². The number of nitrogens with two attached hydrogens (primary N) is 1. The van der Waals surface area contributed by atoms with Crippen molar-refractivity contribution in [3.8, 4) is 0 Å². The topological polar surface area (TPSA) is 105 Å². The van der Waals surface area contributed by atoms with Gasteiger partial charge in [0.2, 0.25) is 12.3 Å². The van der Waals surface area contributed by atoms with E-state index >= 15 is 0 Å². The molecule has 200 valence electrons. The van der Waals surface area contributed by atoms with E-state index in [9.17, 15) is 14.4 Å². The van der Waals surface area contributed by atoms with Crippen molar-refractivity contribution in [2.45, 2.75) is 58.2 Å². The predicted octanol–water partition coefficient (Wildman–Crippen LogP) is 4.45. The van der Waals surface area contributed by atoms with E-state index < -0.39 is 17.7 Å². The van der Waals surface area contributed by atoms with Crippen molar-refractivity contribution >= 4 is 35.7 Å². The fraction of sp³-hybridized carbons (Fsp3) is 0.464. The van der Waals surface area contributed by atoms with Gasteiger partial charge >= 0.3 is 6.09 Å². The summed E-state index contributed by atoms with van der Waals surface area (Å²) in [6, 6.07) is 14.3. The molecule has 0 saturated carbocycles. The van der Waals surface area contributed by atoms with Crippen LogP contribution in [0.3, 0.4) is 0 Å². The molecule has 37 heavy (non-hydrogen) atoms.